The first-order valence-electron chi connectivity index (χ1n) is 10.4. The Balaban J connectivity index is 1.79. The van der Waals surface area contributed by atoms with E-state index in [1.54, 1.807) is 27.8 Å². The first-order valence-corrected chi connectivity index (χ1v) is 10.4. The topological polar surface area (TPSA) is 12.0 Å². The molecular formula is C23H35N. The van der Waals surface area contributed by atoms with E-state index in [0.717, 1.165) is 12.0 Å². The fourth-order valence-corrected chi connectivity index (χ4v) is 6.14. The van der Waals surface area contributed by atoms with Crippen LogP contribution in [-0.4, -0.2) is 12.1 Å². The third-order valence-electron chi connectivity index (χ3n) is 7.57. The molecule has 0 spiro atoms. The van der Waals surface area contributed by atoms with E-state index in [1.165, 1.54) is 57.8 Å². The van der Waals surface area contributed by atoms with Crippen LogP contribution in [0, 0.1) is 12.8 Å². The number of piperidine rings is 1. The van der Waals surface area contributed by atoms with Crippen LogP contribution in [0.1, 0.15) is 87.1 Å². The van der Waals surface area contributed by atoms with Crippen LogP contribution < -0.4 is 5.32 Å². The molecule has 4 rings (SSSR count). The maximum absolute atomic E-state index is 4.03. The molecule has 132 valence electrons. The third-order valence-corrected chi connectivity index (χ3v) is 7.57. The Bertz CT molecular complexity index is 627. The van der Waals surface area contributed by atoms with Gasteiger partial charge in [-0.1, -0.05) is 26.8 Å². The molecule has 1 saturated heterocycles. The number of rotatable bonds is 1. The van der Waals surface area contributed by atoms with Gasteiger partial charge in [-0.3, -0.25) is 0 Å². The third kappa shape index (κ3) is 2.55. The minimum Gasteiger partial charge on any atom is -0.311 e. The van der Waals surface area contributed by atoms with Crippen molar-refractivity contribution in [1.29, 1.82) is 0 Å². The largest absolute Gasteiger partial charge is 0.311 e. The molecule has 0 radical (unpaired) electrons. The summed E-state index contributed by atoms with van der Waals surface area (Å²) in [6.45, 7) is 9.79. The Morgan fingerprint density at radius 2 is 1.75 bits per heavy atom. The van der Waals surface area contributed by atoms with Gasteiger partial charge < -0.3 is 5.32 Å². The summed E-state index contributed by atoms with van der Waals surface area (Å²) in [6, 6.07) is 4.05. The van der Waals surface area contributed by atoms with Gasteiger partial charge in [0.2, 0.25) is 0 Å². The number of benzene rings is 1. The first kappa shape index (κ1) is 16.6. The van der Waals surface area contributed by atoms with Gasteiger partial charge >= 0.3 is 0 Å². The summed E-state index contributed by atoms with van der Waals surface area (Å²) in [7, 11) is 0. The number of hydrogen-bond donors (Lipinski definition) is 1. The summed E-state index contributed by atoms with van der Waals surface area (Å²) in [4.78, 5) is 0. The highest BCUT2D eigenvalue weighted by molar-refractivity contribution is 5.50. The predicted molar refractivity (Wildman–Crippen MR) is 103 cm³/mol. The molecule has 0 amide bonds. The molecule has 0 saturated carbocycles. The Hall–Kier alpha value is -0.820. The quantitative estimate of drug-likeness (QED) is 0.744. The molecule has 2 aliphatic carbocycles. The van der Waals surface area contributed by atoms with Crippen LogP contribution >= 0.6 is 0 Å². The van der Waals surface area contributed by atoms with Crippen molar-refractivity contribution >= 4 is 0 Å². The van der Waals surface area contributed by atoms with Gasteiger partial charge in [0.15, 0.2) is 0 Å². The summed E-state index contributed by atoms with van der Waals surface area (Å²) in [5.41, 5.74) is 8.80. The second-order valence-electron chi connectivity index (χ2n) is 9.21. The van der Waals surface area contributed by atoms with Crippen molar-refractivity contribution in [2.75, 3.05) is 0 Å². The number of aryl methyl sites for hydroxylation is 1. The lowest BCUT2D eigenvalue weighted by Gasteiger charge is -2.45. The van der Waals surface area contributed by atoms with E-state index in [4.69, 9.17) is 0 Å². The molecule has 1 N–H and O–H groups in total. The van der Waals surface area contributed by atoms with Crippen molar-refractivity contribution in [2.45, 2.75) is 103 Å². The Morgan fingerprint density at radius 1 is 1.00 bits per heavy atom. The van der Waals surface area contributed by atoms with Gasteiger partial charge in [0.25, 0.3) is 0 Å². The average molecular weight is 326 g/mol. The van der Waals surface area contributed by atoms with Crippen molar-refractivity contribution < 1.29 is 0 Å². The van der Waals surface area contributed by atoms with Gasteiger partial charge in [-0.2, -0.15) is 0 Å². The zero-order valence-corrected chi connectivity index (χ0v) is 16.2. The molecule has 1 fully saturated rings. The fourth-order valence-electron chi connectivity index (χ4n) is 6.14. The molecule has 3 atom stereocenters. The molecular weight excluding hydrogens is 290 g/mol. The molecule has 24 heavy (non-hydrogen) atoms. The monoisotopic (exact) mass is 325 g/mol. The molecule has 1 unspecified atom stereocenters. The second kappa shape index (κ2) is 6.16. The Kier molecular flexibility index (Phi) is 4.27. The van der Waals surface area contributed by atoms with Crippen LogP contribution in [0.15, 0.2) is 6.07 Å². The smallest absolute Gasteiger partial charge is 0.0109 e. The molecule has 3 aliphatic rings. The summed E-state index contributed by atoms with van der Waals surface area (Å²) in [6.07, 6.45) is 12.1. The predicted octanol–water partition coefficient (Wildman–Crippen LogP) is 5.24. The highest BCUT2D eigenvalue weighted by Gasteiger charge is 2.43. The van der Waals surface area contributed by atoms with E-state index < -0.39 is 0 Å². The standard InChI is InChI=1S/C23H35N/c1-5-16-10-12-20-22(24-16)13-11-19-18-9-7-6-8-17(18)15(2)14-21(19)23(20,3)4/h14,16,20,22,24H,5-13H2,1-4H3/t16?,20-,22-/m1/s1. The van der Waals surface area contributed by atoms with Crippen molar-refractivity contribution in [3.8, 4) is 0 Å². The van der Waals surface area contributed by atoms with E-state index >= 15 is 0 Å². The molecule has 1 heterocycles. The zero-order chi connectivity index (χ0) is 16.9. The minimum atomic E-state index is 0.305. The molecule has 1 nitrogen and oxygen atoms in total. The second-order valence-corrected chi connectivity index (χ2v) is 9.21. The summed E-state index contributed by atoms with van der Waals surface area (Å²) in [5.74, 6) is 0.794. The van der Waals surface area contributed by atoms with E-state index in [1.807, 2.05) is 0 Å². The van der Waals surface area contributed by atoms with Crippen LogP contribution in [0.25, 0.3) is 0 Å². The van der Waals surface area contributed by atoms with Gasteiger partial charge in [0, 0.05) is 12.1 Å². The molecule has 1 aromatic carbocycles. The lowest BCUT2D eigenvalue weighted by atomic mass is 9.65. The molecule has 0 bridgehead atoms. The van der Waals surface area contributed by atoms with Crippen molar-refractivity contribution in [3.05, 3.63) is 33.9 Å². The summed E-state index contributed by atoms with van der Waals surface area (Å²) < 4.78 is 0. The molecule has 0 aromatic heterocycles. The van der Waals surface area contributed by atoms with Gasteiger partial charge in [0.1, 0.15) is 0 Å². The molecule has 1 aliphatic heterocycles. The van der Waals surface area contributed by atoms with Gasteiger partial charge in [-0.25, -0.2) is 0 Å². The van der Waals surface area contributed by atoms with E-state index in [9.17, 15) is 0 Å². The highest BCUT2D eigenvalue weighted by atomic mass is 15.0. The van der Waals surface area contributed by atoms with Crippen LogP contribution in [0.2, 0.25) is 0 Å². The minimum absolute atomic E-state index is 0.305. The van der Waals surface area contributed by atoms with Gasteiger partial charge in [-0.15, -0.1) is 0 Å². The SMILES string of the molecule is CCC1CC[C@@H]2[C@@H](CCc3c(cc(C)c4c3CCCC4)C2(C)C)N1. The maximum Gasteiger partial charge on any atom is 0.0109 e. The highest BCUT2D eigenvalue weighted by Crippen LogP contribution is 2.47. The average Bonchev–Trinajstić information content (AvgIpc) is 2.70. The first-order chi connectivity index (χ1) is 11.5. The number of fused-ring (bicyclic) bond motifs is 4. The number of hydrogen-bond acceptors (Lipinski definition) is 1. The molecule has 1 aromatic rings. The van der Waals surface area contributed by atoms with Crippen molar-refractivity contribution in [3.63, 3.8) is 0 Å². The van der Waals surface area contributed by atoms with Crippen molar-refractivity contribution in [2.24, 2.45) is 5.92 Å². The molecule has 1 heteroatoms. The lowest BCUT2D eigenvalue weighted by Crippen LogP contribution is -2.52. The van der Waals surface area contributed by atoms with Crippen LogP contribution in [0.5, 0.6) is 0 Å². The van der Waals surface area contributed by atoms with Crippen molar-refractivity contribution in [1.82, 2.24) is 5.32 Å². The van der Waals surface area contributed by atoms with Crippen LogP contribution in [0.3, 0.4) is 0 Å². The van der Waals surface area contributed by atoms with E-state index in [0.29, 0.717) is 11.5 Å². The fraction of sp³-hybridized carbons (Fsp3) is 0.739. The Labute approximate surface area is 148 Å². The normalized spacial score (nSPS) is 31.6. The zero-order valence-electron chi connectivity index (χ0n) is 16.2. The lowest BCUT2D eigenvalue weighted by molar-refractivity contribution is 0.153. The van der Waals surface area contributed by atoms with E-state index in [-0.39, 0.29) is 0 Å². The maximum atomic E-state index is 4.03. The van der Waals surface area contributed by atoms with E-state index in [2.05, 4.69) is 39.1 Å². The summed E-state index contributed by atoms with van der Waals surface area (Å²) >= 11 is 0. The van der Waals surface area contributed by atoms with Gasteiger partial charge in [0.05, 0.1) is 0 Å². The van der Waals surface area contributed by atoms with Crippen LogP contribution in [-0.2, 0) is 24.7 Å². The van der Waals surface area contributed by atoms with Crippen LogP contribution in [0.4, 0.5) is 0 Å². The summed E-state index contributed by atoms with van der Waals surface area (Å²) in [5, 5.41) is 4.03. The Morgan fingerprint density at radius 3 is 2.50 bits per heavy atom. The van der Waals surface area contributed by atoms with Gasteiger partial charge in [-0.05, 0) is 104 Å². The number of nitrogens with one attached hydrogen (secondary N) is 1.